The predicted octanol–water partition coefficient (Wildman–Crippen LogP) is 1.09. The van der Waals surface area contributed by atoms with Gasteiger partial charge in [0.2, 0.25) is 11.8 Å². The molecule has 0 radical (unpaired) electrons. The highest BCUT2D eigenvalue weighted by molar-refractivity contribution is 7.99. The summed E-state index contributed by atoms with van der Waals surface area (Å²) in [4.78, 5) is 21.9. The molecule has 1 rings (SSSR count). The Hall–Kier alpha value is -1.56. The summed E-state index contributed by atoms with van der Waals surface area (Å²) >= 11 is 1.33. The number of carbonyl (C=O) groups is 2. The fraction of sp³-hybridized carbons (Fsp3) is 0.385. The Balaban J connectivity index is 2.14. The van der Waals surface area contributed by atoms with Gasteiger partial charge >= 0.3 is 0 Å². The van der Waals surface area contributed by atoms with Crippen LogP contribution in [0, 0.1) is 5.82 Å². The first-order chi connectivity index (χ1) is 9.09. The summed E-state index contributed by atoms with van der Waals surface area (Å²) in [6.45, 7) is 0.403. The molecular formula is C13H17FN2O2S. The number of rotatable bonds is 8. The van der Waals surface area contributed by atoms with Crippen LogP contribution in [0.5, 0.6) is 0 Å². The van der Waals surface area contributed by atoms with E-state index in [1.165, 1.54) is 17.8 Å². The van der Waals surface area contributed by atoms with Crippen molar-refractivity contribution in [2.24, 2.45) is 5.73 Å². The minimum atomic E-state index is -0.384. The molecule has 0 fully saturated rings. The number of halogens is 1. The summed E-state index contributed by atoms with van der Waals surface area (Å²) in [6.07, 6.45) is 0.794. The summed E-state index contributed by atoms with van der Waals surface area (Å²) in [5, 5.41) is 2.71. The van der Waals surface area contributed by atoms with Crippen molar-refractivity contribution in [1.82, 2.24) is 5.32 Å². The zero-order valence-corrected chi connectivity index (χ0v) is 11.3. The van der Waals surface area contributed by atoms with Gasteiger partial charge in [0.15, 0.2) is 0 Å². The summed E-state index contributed by atoms with van der Waals surface area (Å²) in [5.74, 6) is 0.0313. The largest absolute Gasteiger partial charge is 0.369 e. The molecule has 104 valence electrons. The normalized spacial score (nSPS) is 10.2. The third-order valence-corrected chi connectivity index (χ3v) is 3.37. The van der Waals surface area contributed by atoms with Crippen LogP contribution in [-0.4, -0.2) is 29.9 Å². The number of nitrogens with one attached hydrogen (secondary N) is 1. The minimum absolute atomic E-state index is 0.103. The molecule has 1 aromatic carbocycles. The minimum Gasteiger partial charge on any atom is -0.369 e. The van der Waals surface area contributed by atoms with Crippen LogP contribution < -0.4 is 11.1 Å². The first-order valence-electron chi connectivity index (χ1n) is 5.95. The Kier molecular flexibility index (Phi) is 6.95. The Morgan fingerprint density at radius 2 is 2.05 bits per heavy atom. The standard InChI is InChI=1S/C13H17FN2O2S/c14-11-4-2-1-3-10(11)5-7-16-13(18)6-8-19-9-12(15)17/h1-4H,5-9H2,(H2,15,17)(H,16,18). The quantitative estimate of drug-likeness (QED) is 0.702. The third-order valence-electron chi connectivity index (χ3n) is 2.39. The number of hydrogen-bond acceptors (Lipinski definition) is 3. The van der Waals surface area contributed by atoms with Crippen LogP contribution in [0.2, 0.25) is 0 Å². The molecule has 2 amide bonds. The van der Waals surface area contributed by atoms with E-state index in [0.717, 1.165) is 0 Å². The average Bonchev–Trinajstić information content (AvgIpc) is 2.37. The Morgan fingerprint density at radius 1 is 1.32 bits per heavy atom. The van der Waals surface area contributed by atoms with Crippen LogP contribution in [0.1, 0.15) is 12.0 Å². The summed E-state index contributed by atoms with van der Waals surface area (Å²) in [7, 11) is 0. The maximum Gasteiger partial charge on any atom is 0.227 e. The second-order valence-corrected chi connectivity index (χ2v) is 5.07. The van der Waals surface area contributed by atoms with Crippen LogP contribution in [0.25, 0.3) is 0 Å². The lowest BCUT2D eigenvalue weighted by Crippen LogP contribution is -2.26. The van der Waals surface area contributed by atoms with Crippen molar-refractivity contribution in [2.75, 3.05) is 18.1 Å². The number of primary amides is 1. The van der Waals surface area contributed by atoms with Crippen LogP contribution in [0.15, 0.2) is 24.3 Å². The van der Waals surface area contributed by atoms with E-state index in [0.29, 0.717) is 30.7 Å². The van der Waals surface area contributed by atoms with Crippen molar-refractivity contribution in [3.8, 4) is 0 Å². The molecule has 0 saturated carbocycles. The van der Waals surface area contributed by atoms with Crippen LogP contribution in [0.3, 0.4) is 0 Å². The Bertz CT molecular complexity index is 440. The van der Waals surface area contributed by atoms with Gasteiger partial charge in [-0.15, -0.1) is 0 Å². The smallest absolute Gasteiger partial charge is 0.227 e. The van der Waals surface area contributed by atoms with Gasteiger partial charge in [0.25, 0.3) is 0 Å². The fourth-order valence-electron chi connectivity index (χ4n) is 1.46. The van der Waals surface area contributed by atoms with Gasteiger partial charge in [-0.2, -0.15) is 11.8 Å². The van der Waals surface area contributed by atoms with Crippen molar-refractivity contribution in [2.45, 2.75) is 12.8 Å². The first-order valence-corrected chi connectivity index (χ1v) is 7.11. The molecule has 0 heterocycles. The molecule has 0 atom stereocenters. The molecule has 0 saturated heterocycles. The zero-order valence-electron chi connectivity index (χ0n) is 10.5. The highest BCUT2D eigenvalue weighted by Gasteiger charge is 2.04. The second-order valence-electron chi connectivity index (χ2n) is 3.96. The summed E-state index contributed by atoms with van der Waals surface area (Å²) in [5.41, 5.74) is 5.56. The maximum atomic E-state index is 13.3. The average molecular weight is 284 g/mol. The molecule has 0 spiro atoms. The van der Waals surface area contributed by atoms with Crippen LogP contribution in [-0.2, 0) is 16.0 Å². The van der Waals surface area contributed by atoms with E-state index in [9.17, 15) is 14.0 Å². The van der Waals surface area contributed by atoms with Gasteiger partial charge in [-0.25, -0.2) is 4.39 Å². The lowest BCUT2D eigenvalue weighted by molar-refractivity contribution is -0.120. The maximum absolute atomic E-state index is 13.3. The highest BCUT2D eigenvalue weighted by atomic mass is 32.2. The number of carbonyl (C=O) groups excluding carboxylic acids is 2. The molecule has 0 bridgehead atoms. The van der Waals surface area contributed by atoms with E-state index in [-0.39, 0.29) is 23.4 Å². The van der Waals surface area contributed by atoms with Gasteiger partial charge in [0, 0.05) is 18.7 Å². The van der Waals surface area contributed by atoms with Gasteiger partial charge in [-0.05, 0) is 18.1 Å². The van der Waals surface area contributed by atoms with Crippen LogP contribution in [0.4, 0.5) is 4.39 Å². The third kappa shape index (κ3) is 6.81. The number of hydrogen-bond donors (Lipinski definition) is 2. The number of nitrogens with two attached hydrogens (primary N) is 1. The van der Waals surface area contributed by atoms with Gasteiger partial charge < -0.3 is 11.1 Å². The van der Waals surface area contributed by atoms with E-state index in [1.54, 1.807) is 18.2 Å². The van der Waals surface area contributed by atoms with Crippen molar-refractivity contribution in [3.05, 3.63) is 35.6 Å². The lowest BCUT2D eigenvalue weighted by atomic mass is 10.1. The van der Waals surface area contributed by atoms with Gasteiger partial charge in [0.05, 0.1) is 5.75 Å². The summed E-state index contributed by atoms with van der Waals surface area (Å²) in [6, 6.07) is 6.50. The molecule has 0 aliphatic heterocycles. The molecule has 19 heavy (non-hydrogen) atoms. The summed E-state index contributed by atoms with van der Waals surface area (Å²) < 4.78 is 13.3. The predicted molar refractivity (Wildman–Crippen MR) is 74.3 cm³/mol. The molecule has 0 unspecified atom stereocenters. The molecule has 1 aromatic rings. The van der Waals surface area contributed by atoms with Gasteiger partial charge in [-0.1, -0.05) is 18.2 Å². The Labute approximate surface area is 115 Å². The van der Waals surface area contributed by atoms with Crippen molar-refractivity contribution >= 4 is 23.6 Å². The van der Waals surface area contributed by atoms with E-state index >= 15 is 0 Å². The second kappa shape index (κ2) is 8.53. The van der Waals surface area contributed by atoms with Crippen molar-refractivity contribution in [1.29, 1.82) is 0 Å². The topological polar surface area (TPSA) is 72.2 Å². The number of thioether (sulfide) groups is 1. The van der Waals surface area contributed by atoms with E-state index in [1.807, 2.05) is 0 Å². The lowest BCUT2D eigenvalue weighted by Gasteiger charge is -2.05. The zero-order chi connectivity index (χ0) is 14.1. The molecule has 6 heteroatoms. The number of benzene rings is 1. The fourth-order valence-corrected chi connectivity index (χ4v) is 2.14. The Morgan fingerprint density at radius 3 is 2.74 bits per heavy atom. The SMILES string of the molecule is NC(=O)CSCCC(=O)NCCc1ccccc1F. The first kappa shape index (κ1) is 15.5. The van der Waals surface area contributed by atoms with Gasteiger partial charge in [-0.3, -0.25) is 9.59 Å². The molecule has 0 aliphatic rings. The monoisotopic (exact) mass is 284 g/mol. The molecule has 0 aliphatic carbocycles. The van der Waals surface area contributed by atoms with Crippen molar-refractivity contribution in [3.63, 3.8) is 0 Å². The number of amides is 2. The highest BCUT2D eigenvalue weighted by Crippen LogP contribution is 2.06. The molecular weight excluding hydrogens is 267 g/mol. The molecule has 3 N–H and O–H groups in total. The van der Waals surface area contributed by atoms with Crippen molar-refractivity contribution < 1.29 is 14.0 Å². The molecule has 4 nitrogen and oxygen atoms in total. The van der Waals surface area contributed by atoms with E-state index in [2.05, 4.69) is 5.32 Å². The molecule has 0 aromatic heterocycles. The van der Waals surface area contributed by atoms with Gasteiger partial charge in [0.1, 0.15) is 5.82 Å². The van der Waals surface area contributed by atoms with Crippen LogP contribution >= 0.6 is 11.8 Å². The van der Waals surface area contributed by atoms with E-state index < -0.39 is 0 Å². The van der Waals surface area contributed by atoms with E-state index in [4.69, 9.17) is 5.73 Å².